The van der Waals surface area contributed by atoms with Crippen molar-refractivity contribution in [3.05, 3.63) is 65.5 Å². The maximum Gasteiger partial charge on any atom is 0.0498 e. The van der Waals surface area contributed by atoms with Gasteiger partial charge in [0.15, 0.2) is 0 Å². The van der Waals surface area contributed by atoms with E-state index in [1.165, 1.54) is 5.56 Å². The van der Waals surface area contributed by atoms with Gasteiger partial charge in [0.25, 0.3) is 0 Å². The van der Waals surface area contributed by atoms with Crippen LogP contribution < -0.4 is 0 Å². The van der Waals surface area contributed by atoms with Crippen LogP contribution in [0.1, 0.15) is 22.6 Å². The van der Waals surface area contributed by atoms with Crippen molar-refractivity contribution >= 4 is 0 Å². The molecule has 0 unspecified atom stereocenters. The molecule has 3 heterocycles. The molecule has 0 fully saturated rings. The van der Waals surface area contributed by atoms with Gasteiger partial charge in [-0.2, -0.15) is 10.2 Å². The van der Waals surface area contributed by atoms with Crippen molar-refractivity contribution in [3.8, 4) is 0 Å². The number of nitrogens with one attached hydrogen (secondary N) is 2. The number of H-pyrrole nitrogens is 2. The van der Waals surface area contributed by atoms with E-state index in [-0.39, 0.29) is 0 Å². The predicted molar refractivity (Wildman–Crippen MR) is 67.0 cm³/mol. The third kappa shape index (κ3) is 2.29. The minimum absolute atomic E-state index is 0.768. The third-order valence-electron chi connectivity index (χ3n) is 2.84. The van der Waals surface area contributed by atoms with Gasteiger partial charge >= 0.3 is 0 Å². The molecule has 5 nitrogen and oxygen atoms in total. The van der Waals surface area contributed by atoms with E-state index in [9.17, 15) is 0 Å². The minimum atomic E-state index is 0.768. The van der Waals surface area contributed by atoms with E-state index in [0.717, 1.165) is 29.9 Å². The Kier molecular flexibility index (Phi) is 2.87. The van der Waals surface area contributed by atoms with Crippen molar-refractivity contribution in [2.24, 2.45) is 0 Å². The molecular formula is C13H13N5. The van der Waals surface area contributed by atoms with Crippen molar-refractivity contribution in [1.29, 1.82) is 0 Å². The van der Waals surface area contributed by atoms with Crippen LogP contribution in [-0.4, -0.2) is 25.4 Å². The molecule has 0 saturated heterocycles. The number of rotatable bonds is 4. The molecule has 0 aliphatic rings. The van der Waals surface area contributed by atoms with Gasteiger partial charge in [0.05, 0.1) is 0 Å². The maximum absolute atomic E-state index is 4.45. The molecule has 3 rings (SSSR count). The van der Waals surface area contributed by atoms with E-state index in [0.29, 0.717) is 0 Å². The number of hydrogen-bond acceptors (Lipinski definition) is 3. The Balaban J connectivity index is 1.85. The minimum Gasteiger partial charge on any atom is -0.282 e. The van der Waals surface area contributed by atoms with Crippen LogP contribution in [0.4, 0.5) is 0 Å². The second-order valence-electron chi connectivity index (χ2n) is 4.13. The van der Waals surface area contributed by atoms with Gasteiger partial charge in [0.2, 0.25) is 0 Å². The van der Waals surface area contributed by atoms with Gasteiger partial charge in [0.1, 0.15) is 0 Å². The molecule has 0 radical (unpaired) electrons. The predicted octanol–water partition coefficient (Wildman–Crippen LogP) is 1.71. The van der Waals surface area contributed by atoms with Gasteiger partial charge in [-0.15, -0.1) is 0 Å². The number of nitrogens with zero attached hydrogens (tertiary/aromatic N) is 3. The summed E-state index contributed by atoms with van der Waals surface area (Å²) in [5, 5.41) is 13.9. The van der Waals surface area contributed by atoms with Crippen molar-refractivity contribution in [2.75, 3.05) is 0 Å². The first-order valence-corrected chi connectivity index (χ1v) is 5.81. The van der Waals surface area contributed by atoms with Crippen molar-refractivity contribution < 1.29 is 0 Å². The van der Waals surface area contributed by atoms with Gasteiger partial charge in [-0.25, -0.2) is 0 Å². The highest BCUT2D eigenvalue weighted by Gasteiger charge is 2.07. The molecule has 3 aromatic rings. The molecule has 5 heteroatoms. The van der Waals surface area contributed by atoms with Crippen LogP contribution in [0.3, 0.4) is 0 Å². The van der Waals surface area contributed by atoms with E-state index in [2.05, 4.69) is 31.4 Å². The van der Waals surface area contributed by atoms with Gasteiger partial charge in [-0.3, -0.25) is 15.2 Å². The summed E-state index contributed by atoms with van der Waals surface area (Å²) >= 11 is 0. The highest BCUT2D eigenvalue weighted by molar-refractivity contribution is 5.27. The Labute approximate surface area is 104 Å². The zero-order valence-corrected chi connectivity index (χ0v) is 9.80. The molecule has 0 saturated carbocycles. The van der Waals surface area contributed by atoms with Gasteiger partial charge < -0.3 is 0 Å². The van der Waals surface area contributed by atoms with Crippen LogP contribution in [0.5, 0.6) is 0 Å². The molecule has 0 aromatic carbocycles. The van der Waals surface area contributed by atoms with Gasteiger partial charge in [0, 0.05) is 48.5 Å². The summed E-state index contributed by atoms with van der Waals surface area (Å²) in [4.78, 5) is 4.45. The Morgan fingerprint density at radius 1 is 0.833 bits per heavy atom. The molecule has 0 amide bonds. The number of pyridine rings is 1. The highest BCUT2D eigenvalue weighted by atomic mass is 15.1. The fourth-order valence-corrected chi connectivity index (χ4v) is 1.94. The molecule has 0 bridgehead atoms. The number of hydrogen-bond donors (Lipinski definition) is 2. The fraction of sp³-hybridized carbons (Fsp3) is 0.154. The number of aromatic nitrogens is 5. The Bertz CT molecular complexity index is 543. The summed E-state index contributed by atoms with van der Waals surface area (Å²) < 4.78 is 0. The topological polar surface area (TPSA) is 70.2 Å². The molecule has 0 aliphatic carbocycles. The van der Waals surface area contributed by atoms with Crippen LogP contribution in [-0.2, 0) is 12.8 Å². The van der Waals surface area contributed by atoms with Crippen LogP contribution in [0.25, 0.3) is 0 Å². The molecule has 0 spiro atoms. The summed E-state index contributed by atoms with van der Waals surface area (Å²) in [7, 11) is 0. The first kappa shape index (κ1) is 10.7. The zero-order valence-electron chi connectivity index (χ0n) is 9.80. The lowest BCUT2D eigenvalue weighted by Gasteiger charge is -2.06. The monoisotopic (exact) mass is 239 g/mol. The van der Waals surface area contributed by atoms with Gasteiger partial charge in [-0.1, -0.05) is 6.07 Å². The molecular weight excluding hydrogens is 226 g/mol. The van der Waals surface area contributed by atoms with Crippen molar-refractivity contribution in [1.82, 2.24) is 25.4 Å². The quantitative estimate of drug-likeness (QED) is 0.728. The van der Waals surface area contributed by atoms with E-state index in [1.54, 1.807) is 12.4 Å². The summed E-state index contributed by atoms with van der Waals surface area (Å²) in [6.45, 7) is 0. The van der Waals surface area contributed by atoms with E-state index < -0.39 is 0 Å². The molecule has 0 atom stereocenters. The normalized spacial score (nSPS) is 10.7. The van der Waals surface area contributed by atoms with Crippen LogP contribution in [0.2, 0.25) is 0 Å². The largest absolute Gasteiger partial charge is 0.282 e. The van der Waals surface area contributed by atoms with Crippen LogP contribution in [0.15, 0.2) is 42.9 Å². The number of aromatic amines is 2. The fourth-order valence-electron chi connectivity index (χ4n) is 1.94. The molecule has 90 valence electrons. The van der Waals surface area contributed by atoms with E-state index in [4.69, 9.17) is 0 Å². The maximum atomic E-state index is 4.45. The smallest absolute Gasteiger partial charge is 0.0498 e. The highest BCUT2D eigenvalue weighted by Crippen LogP contribution is 2.13. The second kappa shape index (κ2) is 4.83. The summed E-state index contributed by atoms with van der Waals surface area (Å²) in [6, 6.07) is 8.00. The average Bonchev–Trinajstić information content (AvgIpc) is 3.05. The zero-order chi connectivity index (χ0) is 12.2. The molecule has 18 heavy (non-hydrogen) atoms. The summed E-state index contributed by atoms with van der Waals surface area (Å²) in [6.07, 6.45) is 6.93. The van der Waals surface area contributed by atoms with Crippen LogP contribution >= 0.6 is 0 Å². The van der Waals surface area contributed by atoms with Gasteiger partial charge in [-0.05, 0) is 23.8 Å². The Morgan fingerprint density at radius 3 is 2.22 bits per heavy atom. The average molecular weight is 239 g/mol. The molecule has 3 aromatic heterocycles. The van der Waals surface area contributed by atoms with E-state index >= 15 is 0 Å². The van der Waals surface area contributed by atoms with Crippen LogP contribution in [0, 0.1) is 0 Å². The van der Waals surface area contributed by atoms with E-state index in [1.807, 2.05) is 24.4 Å². The second-order valence-corrected chi connectivity index (χ2v) is 4.13. The molecule has 2 N–H and O–H groups in total. The Hall–Kier alpha value is -2.43. The lowest BCUT2D eigenvalue weighted by Crippen LogP contribution is -2.00. The molecule has 0 aliphatic heterocycles. The summed E-state index contributed by atoms with van der Waals surface area (Å²) in [5.41, 5.74) is 4.43. The van der Waals surface area contributed by atoms with Crippen molar-refractivity contribution in [2.45, 2.75) is 12.8 Å². The standard InChI is InChI=1S/C13H13N5/c1-2-10(8-11-3-6-15-17-11)13(14-5-1)9-12-4-7-16-18-12/h1-7H,8-9H2,(H,15,17)(H,16,18). The SMILES string of the molecule is c1cnc(Cc2ccn[nH]2)c(Cc2ccn[nH]2)c1. The lowest BCUT2D eigenvalue weighted by molar-refractivity contribution is 0.926. The first-order valence-electron chi connectivity index (χ1n) is 5.81. The van der Waals surface area contributed by atoms with Crippen molar-refractivity contribution in [3.63, 3.8) is 0 Å². The lowest BCUT2D eigenvalue weighted by atomic mass is 10.0. The third-order valence-corrected chi connectivity index (χ3v) is 2.84. The first-order chi connectivity index (χ1) is 8.92. The Morgan fingerprint density at radius 2 is 1.56 bits per heavy atom. The summed E-state index contributed by atoms with van der Waals surface area (Å²) in [5.74, 6) is 0.